The Kier molecular flexibility index (Phi) is 5.27. The molecule has 1 heterocycles. The molecule has 6 heteroatoms. The smallest absolute Gasteiger partial charge is 0.319 e. The first kappa shape index (κ1) is 17.7. The standard InChI is InChI=1S/C19H21ClN2O3/c1-19(2)24-12-16(17(25-19)13-6-4-3-5-7-13)22-18(23)21-15-10-8-14(20)9-11-15/h3-11,16-17H,12H2,1-2H3,(H2,21,22,23). The summed E-state index contributed by atoms with van der Waals surface area (Å²) in [6.07, 6.45) is -0.291. The molecule has 132 valence electrons. The van der Waals surface area contributed by atoms with E-state index in [1.54, 1.807) is 24.3 Å². The molecule has 1 aliphatic rings. The van der Waals surface area contributed by atoms with Crippen LogP contribution in [-0.4, -0.2) is 24.5 Å². The van der Waals surface area contributed by atoms with Gasteiger partial charge in [0.2, 0.25) is 0 Å². The van der Waals surface area contributed by atoms with Gasteiger partial charge in [-0.25, -0.2) is 4.79 Å². The summed E-state index contributed by atoms with van der Waals surface area (Å²) in [6.45, 7) is 4.10. The summed E-state index contributed by atoms with van der Waals surface area (Å²) in [5.74, 6) is -0.703. The topological polar surface area (TPSA) is 59.6 Å². The highest BCUT2D eigenvalue weighted by molar-refractivity contribution is 6.30. The third-order valence-corrected chi connectivity index (χ3v) is 4.19. The molecular weight excluding hydrogens is 340 g/mol. The number of benzene rings is 2. The number of ether oxygens (including phenoxy) is 2. The van der Waals surface area contributed by atoms with Gasteiger partial charge in [0, 0.05) is 10.7 Å². The quantitative estimate of drug-likeness (QED) is 0.855. The van der Waals surface area contributed by atoms with Crippen LogP contribution in [0.15, 0.2) is 54.6 Å². The monoisotopic (exact) mass is 360 g/mol. The summed E-state index contributed by atoms with van der Waals surface area (Å²) in [5.41, 5.74) is 1.66. The zero-order valence-electron chi connectivity index (χ0n) is 14.2. The molecule has 2 atom stereocenters. The summed E-state index contributed by atoms with van der Waals surface area (Å²) in [5, 5.41) is 6.34. The molecule has 0 saturated carbocycles. The van der Waals surface area contributed by atoms with Crippen LogP contribution < -0.4 is 10.6 Å². The number of carbonyl (C=O) groups excluding carboxylic acids is 1. The van der Waals surface area contributed by atoms with Gasteiger partial charge in [0.05, 0.1) is 12.6 Å². The molecule has 2 aromatic carbocycles. The summed E-state index contributed by atoms with van der Waals surface area (Å²) in [6, 6.07) is 16.1. The highest BCUT2D eigenvalue weighted by Gasteiger charge is 2.38. The average Bonchev–Trinajstić information content (AvgIpc) is 2.59. The number of halogens is 1. The first-order valence-electron chi connectivity index (χ1n) is 8.13. The largest absolute Gasteiger partial charge is 0.348 e. The van der Waals surface area contributed by atoms with Gasteiger partial charge in [0.25, 0.3) is 0 Å². The van der Waals surface area contributed by atoms with E-state index in [0.717, 1.165) is 5.56 Å². The van der Waals surface area contributed by atoms with Crippen LogP contribution >= 0.6 is 11.6 Å². The first-order valence-corrected chi connectivity index (χ1v) is 8.50. The molecule has 2 amide bonds. The number of amides is 2. The van der Waals surface area contributed by atoms with Crippen LogP contribution in [0.25, 0.3) is 0 Å². The summed E-state index contributed by atoms with van der Waals surface area (Å²) in [7, 11) is 0. The van der Waals surface area contributed by atoms with Crippen molar-refractivity contribution < 1.29 is 14.3 Å². The number of rotatable bonds is 3. The van der Waals surface area contributed by atoms with Crippen LogP contribution in [0.2, 0.25) is 5.02 Å². The molecule has 25 heavy (non-hydrogen) atoms. The Labute approximate surface area is 152 Å². The third-order valence-electron chi connectivity index (χ3n) is 3.93. The molecule has 3 rings (SSSR count). The van der Waals surface area contributed by atoms with Gasteiger partial charge in [-0.15, -0.1) is 0 Å². The SMILES string of the molecule is CC1(C)OCC(NC(=O)Nc2ccc(Cl)cc2)C(c2ccccc2)O1. The second-order valence-electron chi connectivity index (χ2n) is 6.37. The predicted octanol–water partition coefficient (Wildman–Crippen LogP) is 4.35. The van der Waals surface area contributed by atoms with Gasteiger partial charge in [-0.05, 0) is 43.7 Å². The van der Waals surface area contributed by atoms with Crippen molar-refractivity contribution in [1.82, 2.24) is 5.32 Å². The normalized spacial score (nSPS) is 22.2. The Bertz CT molecular complexity index is 719. The average molecular weight is 361 g/mol. The number of hydrogen-bond donors (Lipinski definition) is 2. The van der Waals surface area contributed by atoms with Gasteiger partial charge < -0.3 is 20.1 Å². The summed E-state index contributed by atoms with van der Waals surface area (Å²) >= 11 is 5.86. The molecule has 0 radical (unpaired) electrons. The van der Waals surface area contributed by atoms with Crippen molar-refractivity contribution in [2.45, 2.75) is 31.8 Å². The number of urea groups is 1. The fraction of sp³-hybridized carbons (Fsp3) is 0.316. The number of carbonyl (C=O) groups is 1. The Hall–Kier alpha value is -2.08. The van der Waals surface area contributed by atoms with Gasteiger partial charge in [-0.3, -0.25) is 0 Å². The lowest BCUT2D eigenvalue weighted by Crippen LogP contribution is -2.52. The maximum Gasteiger partial charge on any atom is 0.319 e. The molecule has 2 unspecified atom stereocenters. The summed E-state index contributed by atoms with van der Waals surface area (Å²) in [4.78, 5) is 12.3. The second kappa shape index (κ2) is 7.44. The van der Waals surface area contributed by atoms with E-state index in [1.165, 1.54) is 0 Å². The van der Waals surface area contributed by atoms with Crippen LogP contribution in [0, 0.1) is 0 Å². The minimum absolute atomic E-state index is 0.291. The van der Waals surface area contributed by atoms with Crippen LogP contribution in [0.4, 0.5) is 10.5 Å². The minimum Gasteiger partial charge on any atom is -0.348 e. The Morgan fingerprint density at radius 2 is 1.80 bits per heavy atom. The van der Waals surface area contributed by atoms with E-state index >= 15 is 0 Å². The summed E-state index contributed by atoms with van der Waals surface area (Å²) < 4.78 is 11.8. The van der Waals surface area contributed by atoms with E-state index in [4.69, 9.17) is 21.1 Å². The molecule has 0 aromatic heterocycles. The molecule has 0 bridgehead atoms. The highest BCUT2D eigenvalue weighted by atomic mass is 35.5. The van der Waals surface area contributed by atoms with E-state index in [9.17, 15) is 4.79 Å². The van der Waals surface area contributed by atoms with Crippen molar-refractivity contribution >= 4 is 23.3 Å². The predicted molar refractivity (Wildman–Crippen MR) is 97.7 cm³/mol. The van der Waals surface area contributed by atoms with Crippen LogP contribution in [0.1, 0.15) is 25.5 Å². The van der Waals surface area contributed by atoms with Crippen molar-refractivity contribution in [3.8, 4) is 0 Å². The highest BCUT2D eigenvalue weighted by Crippen LogP contribution is 2.32. The number of nitrogens with one attached hydrogen (secondary N) is 2. The van der Waals surface area contributed by atoms with Gasteiger partial charge in [-0.2, -0.15) is 0 Å². The zero-order chi connectivity index (χ0) is 17.9. The van der Waals surface area contributed by atoms with Crippen molar-refractivity contribution in [3.63, 3.8) is 0 Å². The van der Waals surface area contributed by atoms with Crippen LogP contribution in [-0.2, 0) is 9.47 Å². The van der Waals surface area contributed by atoms with E-state index in [2.05, 4.69) is 10.6 Å². The molecular formula is C19H21ClN2O3. The van der Waals surface area contributed by atoms with Crippen LogP contribution in [0.3, 0.4) is 0 Å². The van der Waals surface area contributed by atoms with Crippen molar-refractivity contribution in [3.05, 3.63) is 65.2 Å². The molecule has 1 saturated heterocycles. The molecule has 5 nitrogen and oxygen atoms in total. The number of anilines is 1. The molecule has 1 fully saturated rings. The van der Waals surface area contributed by atoms with Crippen LogP contribution in [0.5, 0.6) is 0 Å². The lowest BCUT2D eigenvalue weighted by Gasteiger charge is -2.41. The first-order chi connectivity index (χ1) is 11.9. The minimum atomic E-state index is -0.703. The molecule has 1 aliphatic heterocycles. The second-order valence-corrected chi connectivity index (χ2v) is 6.81. The van der Waals surface area contributed by atoms with E-state index in [0.29, 0.717) is 17.3 Å². The Morgan fingerprint density at radius 3 is 2.48 bits per heavy atom. The molecule has 0 aliphatic carbocycles. The molecule has 2 aromatic rings. The van der Waals surface area contributed by atoms with Gasteiger partial charge in [-0.1, -0.05) is 41.9 Å². The van der Waals surface area contributed by atoms with E-state index in [-0.39, 0.29) is 18.2 Å². The lowest BCUT2D eigenvalue weighted by molar-refractivity contribution is -0.284. The number of hydrogen-bond acceptors (Lipinski definition) is 3. The Balaban J connectivity index is 1.70. The molecule has 2 N–H and O–H groups in total. The van der Waals surface area contributed by atoms with Gasteiger partial charge >= 0.3 is 6.03 Å². The van der Waals surface area contributed by atoms with E-state index in [1.807, 2.05) is 44.2 Å². The van der Waals surface area contributed by atoms with Gasteiger partial charge in [0.1, 0.15) is 6.10 Å². The van der Waals surface area contributed by atoms with E-state index < -0.39 is 5.79 Å². The molecule has 0 spiro atoms. The maximum absolute atomic E-state index is 12.3. The van der Waals surface area contributed by atoms with Crippen molar-refractivity contribution in [1.29, 1.82) is 0 Å². The lowest BCUT2D eigenvalue weighted by atomic mass is 10.0. The fourth-order valence-corrected chi connectivity index (χ4v) is 2.85. The third kappa shape index (κ3) is 4.72. The van der Waals surface area contributed by atoms with Gasteiger partial charge in [0.15, 0.2) is 5.79 Å². The zero-order valence-corrected chi connectivity index (χ0v) is 14.9. The van der Waals surface area contributed by atoms with Crippen molar-refractivity contribution in [2.24, 2.45) is 0 Å². The Morgan fingerprint density at radius 1 is 1.12 bits per heavy atom. The maximum atomic E-state index is 12.3. The van der Waals surface area contributed by atoms with Crippen molar-refractivity contribution in [2.75, 3.05) is 11.9 Å². The fourth-order valence-electron chi connectivity index (χ4n) is 2.73.